The number of allylic oxidation sites excluding steroid dienone is 1. The van der Waals surface area contributed by atoms with Crippen LogP contribution in [0.15, 0.2) is 45.8 Å². The Morgan fingerprint density at radius 2 is 1.94 bits per heavy atom. The number of hydrogen-bond acceptors (Lipinski definition) is 5. The van der Waals surface area contributed by atoms with Crippen LogP contribution in [0.2, 0.25) is 0 Å². The molecular weight excluding hydrogens is 459 g/mol. The number of aromatic nitrogens is 1. The monoisotopic (exact) mass is 488 g/mol. The summed E-state index contributed by atoms with van der Waals surface area (Å²) >= 11 is 2.51. The van der Waals surface area contributed by atoms with Gasteiger partial charge >= 0.3 is 5.97 Å². The number of anilines is 1. The molecule has 0 radical (unpaired) electrons. The molecule has 2 N–H and O–H groups in total. The van der Waals surface area contributed by atoms with E-state index in [9.17, 15) is 14.0 Å². The molecule has 5 nitrogen and oxygen atoms in total. The Hall–Kier alpha value is -2.19. The minimum atomic E-state index is -0.876. The van der Waals surface area contributed by atoms with Gasteiger partial charge in [-0.3, -0.25) is 9.59 Å². The van der Waals surface area contributed by atoms with Gasteiger partial charge in [0.15, 0.2) is 5.13 Å². The topological polar surface area (TPSA) is 79.3 Å². The SMILES string of the molecule is CC1CCC2(CC1)C(CCCc1ccc(F)cc1)=C2CC(=O)Nc1ncc(SCC(=O)O)s1. The van der Waals surface area contributed by atoms with Crippen LogP contribution in [0, 0.1) is 17.2 Å². The normalized spacial score (nSPS) is 21.9. The molecule has 1 aromatic carbocycles. The van der Waals surface area contributed by atoms with Crippen molar-refractivity contribution >= 4 is 40.1 Å². The molecule has 4 rings (SSSR count). The minimum absolute atomic E-state index is 0.0231. The van der Waals surface area contributed by atoms with Crippen molar-refractivity contribution in [2.24, 2.45) is 11.3 Å². The largest absolute Gasteiger partial charge is 0.481 e. The summed E-state index contributed by atoms with van der Waals surface area (Å²) in [6, 6.07) is 6.71. The number of nitrogens with one attached hydrogen (secondary N) is 1. The van der Waals surface area contributed by atoms with Crippen LogP contribution in [-0.4, -0.2) is 27.7 Å². The lowest BCUT2D eigenvalue weighted by atomic mass is 9.75. The Bertz CT molecular complexity index is 1040. The summed E-state index contributed by atoms with van der Waals surface area (Å²) < 4.78 is 13.9. The van der Waals surface area contributed by atoms with E-state index in [2.05, 4.69) is 17.2 Å². The van der Waals surface area contributed by atoms with Gasteiger partial charge in [0.25, 0.3) is 0 Å². The molecule has 0 bridgehead atoms. The predicted molar refractivity (Wildman–Crippen MR) is 130 cm³/mol. The molecule has 0 saturated heterocycles. The lowest BCUT2D eigenvalue weighted by Gasteiger charge is -2.29. The summed E-state index contributed by atoms with van der Waals surface area (Å²) in [5.41, 5.74) is 4.05. The minimum Gasteiger partial charge on any atom is -0.481 e. The number of aryl methyl sites for hydroxylation is 1. The summed E-state index contributed by atoms with van der Waals surface area (Å²) in [7, 11) is 0. The maximum atomic E-state index is 13.1. The van der Waals surface area contributed by atoms with Gasteiger partial charge in [0.05, 0.1) is 16.2 Å². The van der Waals surface area contributed by atoms with Crippen molar-refractivity contribution in [1.82, 2.24) is 4.98 Å². The third-order valence-electron chi connectivity index (χ3n) is 6.80. The summed E-state index contributed by atoms with van der Waals surface area (Å²) in [5.74, 6) is -0.423. The third kappa shape index (κ3) is 6.03. The van der Waals surface area contributed by atoms with Crippen molar-refractivity contribution in [1.29, 1.82) is 0 Å². The number of carboxylic acid groups (broad SMARTS) is 1. The van der Waals surface area contributed by atoms with Crippen molar-refractivity contribution < 1.29 is 19.1 Å². The number of halogens is 1. The molecule has 33 heavy (non-hydrogen) atoms. The molecular formula is C25H29FN2O3S2. The highest BCUT2D eigenvalue weighted by Gasteiger charge is 2.53. The summed E-state index contributed by atoms with van der Waals surface area (Å²) in [4.78, 5) is 27.7. The van der Waals surface area contributed by atoms with E-state index in [4.69, 9.17) is 5.11 Å². The number of carbonyl (C=O) groups excluding carboxylic acids is 1. The first kappa shape index (κ1) is 24.0. The van der Waals surface area contributed by atoms with Crippen molar-refractivity contribution in [3.05, 3.63) is 53.0 Å². The highest BCUT2D eigenvalue weighted by Crippen LogP contribution is 2.64. The lowest BCUT2D eigenvalue weighted by Crippen LogP contribution is -2.19. The number of carboxylic acids is 1. The fourth-order valence-electron chi connectivity index (χ4n) is 4.97. The van der Waals surface area contributed by atoms with Gasteiger partial charge in [-0.15, -0.1) is 11.8 Å². The van der Waals surface area contributed by atoms with E-state index in [1.165, 1.54) is 59.2 Å². The first-order valence-electron chi connectivity index (χ1n) is 11.4. The molecule has 1 amide bonds. The van der Waals surface area contributed by atoms with E-state index in [1.807, 2.05) is 12.1 Å². The Balaban J connectivity index is 1.35. The van der Waals surface area contributed by atoms with Crippen LogP contribution in [0.25, 0.3) is 0 Å². The van der Waals surface area contributed by atoms with Crippen LogP contribution in [0.5, 0.6) is 0 Å². The maximum Gasteiger partial charge on any atom is 0.313 e. The number of carbonyl (C=O) groups is 2. The smallest absolute Gasteiger partial charge is 0.313 e. The number of amides is 1. The van der Waals surface area contributed by atoms with Gasteiger partial charge in [0, 0.05) is 11.8 Å². The van der Waals surface area contributed by atoms with Gasteiger partial charge in [-0.05, 0) is 68.6 Å². The highest BCUT2D eigenvalue weighted by molar-refractivity contribution is 8.01. The number of rotatable bonds is 10. The number of thioether (sulfide) groups is 1. The van der Waals surface area contributed by atoms with E-state index >= 15 is 0 Å². The Morgan fingerprint density at radius 1 is 1.21 bits per heavy atom. The number of benzene rings is 1. The average molecular weight is 489 g/mol. The molecule has 176 valence electrons. The average Bonchev–Trinajstić information content (AvgIpc) is 3.11. The fourth-order valence-corrected chi connectivity index (χ4v) is 6.58. The van der Waals surface area contributed by atoms with Gasteiger partial charge < -0.3 is 10.4 Å². The van der Waals surface area contributed by atoms with E-state index in [1.54, 1.807) is 6.20 Å². The molecule has 2 aliphatic rings. The van der Waals surface area contributed by atoms with E-state index in [0.29, 0.717) is 11.6 Å². The molecule has 1 fully saturated rings. The number of nitrogens with zero attached hydrogens (tertiary/aromatic N) is 1. The maximum absolute atomic E-state index is 13.1. The standard InChI is InChI=1S/C25H29FN2O3S2/c1-16-9-11-25(12-10-16)19(4-2-3-17-5-7-18(26)8-6-17)20(25)13-21(29)28-24-27-14-23(33-24)32-15-22(30)31/h5-8,14,16H,2-4,9-13,15H2,1H3,(H,30,31)(H,27,28,29). The molecule has 0 atom stereocenters. The molecule has 1 aromatic heterocycles. The second-order valence-corrected chi connectivity index (χ2v) is 11.4. The molecule has 1 heterocycles. The zero-order valence-electron chi connectivity index (χ0n) is 18.7. The van der Waals surface area contributed by atoms with Crippen LogP contribution in [0.3, 0.4) is 0 Å². The molecule has 0 aliphatic heterocycles. The summed E-state index contributed by atoms with van der Waals surface area (Å²) in [6.07, 6.45) is 9.57. The quantitative estimate of drug-likeness (QED) is 0.302. The third-order valence-corrected chi connectivity index (χ3v) is 8.89. The van der Waals surface area contributed by atoms with Crippen molar-refractivity contribution in [2.45, 2.75) is 62.5 Å². The zero-order valence-corrected chi connectivity index (χ0v) is 20.4. The van der Waals surface area contributed by atoms with Crippen molar-refractivity contribution in [2.75, 3.05) is 11.1 Å². The van der Waals surface area contributed by atoms with Gasteiger partial charge in [-0.1, -0.05) is 41.5 Å². The lowest BCUT2D eigenvalue weighted by molar-refractivity contribution is -0.133. The van der Waals surface area contributed by atoms with Crippen molar-refractivity contribution in [3.63, 3.8) is 0 Å². The van der Waals surface area contributed by atoms with Crippen LogP contribution in [0.4, 0.5) is 9.52 Å². The zero-order chi connectivity index (χ0) is 23.4. The van der Waals surface area contributed by atoms with Crippen molar-refractivity contribution in [3.8, 4) is 0 Å². The molecule has 1 spiro atoms. The van der Waals surface area contributed by atoms with E-state index in [-0.39, 0.29) is 22.9 Å². The first-order chi connectivity index (χ1) is 15.9. The molecule has 0 unspecified atom stereocenters. The van der Waals surface area contributed by atoms with Gasteiger partial charge in [-0.25, -0.2) is 9.37 Å². The van der Waals surface area contributed by atoms with E-state index < -0.39 is 5.97 Å². The first-order valence-corrected chi connectivity index (χ1v) is 13.2. The van der Waals surface area contributed by atoms with Crippen LogP contribution < -0.4 is 5.32 Å². The van der Waals surface area contributed by atoms with Crippen LogP contribution >= 0.6 is 23.1 Å². The van der Waals surface area contributed by atoms with Gasteiger partial charge in [0.1, 0.15) is 5.82 Å². The van der Waals surface area contributed by atoms with E-state index in [0.717, 1.165) is 47.8 Å². The molecule has 1 saturated carbocycles. The Kier molecular flexibility index (Phi) is 7.54. The Labute approximate surface area is 201 Å². The second-order valence-electron chi connectivity index (χ2n) is 9.09. The molecule has 2 aromatic rings. The second kappa shape index (κ2) is 10.4. The fraction of sp³-hybridized carbons (Fsp3) is 0.480. The van der Waals surface area contributed by atoms with Crippen LogP contribution in [-0.2, 0) is 16.0 Å². The molecule has 8 heteroatoms. The predicted octanol–water partition coefficient (Wildman–Crippen LogP) is 6.32. The number of thiazole rings is 1. The molecule has 2 aliphatic carbocycles. The van der Waals surface area contributed by atoms with Gasteiger partial charge in [-0.2, -0.15) is 0 Å². The highest BCUT2D eigenvalue weighted by atomic mass is 32.2. The Morgan fingerprint density at radius 3 is 2.64 bits per heavy atom. The van der Waals surface area contributed by atoms with Crippen LogP contribution in [0.1, 0.15) is 57.4 Å². The number of hydrogen-bond donors (Lipinski definition) is 2. The van der Waals surface area contributed by atoms with Gasteiger partial charge in [0.2, 0.25) is 5.91 Å². The number of aliphatic carboxylic acids is 1. The summed E-state index contributed by atoms with van der Waals surface area (Å²) in [5, 5.41) is 12.2. The summed E-state index contributed by atoms with van der Waals surface area (Å²) in [6.45, 7) is 2.30.